The topological polar surface area (TPSA) is 93.8 Å². The first kappa shape index (κ1) is 19.6. The van der Waals surface area contributed by atoms with Crippen LogP contribution in [0, 0.1) is 22.5 Å². The summed E-state index contributed by atoms with van der Waals surface area (Å²) in [5.74, 6) is 2.35. The molecule has 29 heavy (non-hydrogen) atoms. The number of non-ortho nitro benzene ring substituents is 1. The van der Waals surface area contributed by atoms with E-state index in [1.54, 1.807) is 0 Å². The molecule has 1 amide bonds. The van der Waals surface area contributed by atoms with Crippen LogP contribution in [-0.4, -0.2) is 23.7 Å². The fourth-order valence-corrected chi connectivity index (χ4v) is 2.83. The molecule has 0 aliphatic carbocycles. The van der Waals surface area contributed by atoms with E-state index in [0.717, 1.165) is 16.3 Å². The minimum atomic E-state index is -0.526. The SMILES string of the molecule is C#CCOc1ccc([N+](=O)[O-])cc1/C=N\NC(=O)Cc1cccc2ccccc12. The Kier molecular flexibility index (Phi) is 6.18. The van der Waals surface area contributed by atoms with E-state index in [-0.39, 0.29) is 24.6 Å². The molecule has 0 aliphatic rings. The third-order valence-corrected chi connectivity index (χ3v) is 4.14. The molecule has 0 saturated carbocycles. The van der Waals surface area contributed by atoms with Gasteiger partial charge < -0.3 is 4.74 Å². The lowest BCUT2D eigenvalue weighted by molar-refractivity contribution is -0.384. The quantitative estimate of drug-likeness (QED) is 0.291. The number of ether oxygens (including phenoxy) is 1. The number of rotatable bonds is 7. The molecular formula is C22H17N3O4. The maximum Gasteiger partial charge on any atom is 0.270 e. The lowest BCUT2D eigenvalue weighted by Crippen LogP contribution is -2.20. The van der Waals surface area contributed by atoms with Crippen LogP contribution in [0.15, 0.2) is 65.8 Å². The summed E-state index contributed by atoms with van der Waals surface area (Å²) in [7, 11) is 0. The van der Waals surface area contributed by atoms with Crippen LogP contribution in [0.4, 0.5) is 5.69 Å². The predicted molar refractivity (Wildman–Crippen MR) is 111 cm³/mol. The highest BCUT2D eigenvalue weighted by Crippen LogP contribution is 2.23. The Labute approximate surface area is 167 Å². The first-order valence-corrected chi connectivity index (χ1v) is 8.71. The lowest BCUT2D eigenvalue weighted by atomic mass is 10.0. The highest BCUT2D eigenvalue weighted by atomic mass is 16.6. The molecule has 0 unspecified atom stereocenters. The minimum Gasteiger partial charge on any atom is -0.480 e. The molecular weight excluding hydrogens is 370 g/mol. The predicted octanol–water partition coefficient (Wildman–Crippen LogP) is 3.45. The Balaban J connectivity index is 1.73. The number of amides is 1. The van der Waals surface area contributed by atoms with Gasteiger partial charge in [-0.3, -0.25) is 14.9 Å². The average Bonchev–Trinajstić information content (AvgIpc) is 2.73. The van der Waals surface area contributed by atoms with Crippen molar-refractivity contribution in [3.05, 3.63) is 81.9 Å². The second-order valence-corrected chi connectivity index (χ2v) is 6.08. The zero-order valence-corrected chi connectivity index (χ0v) is 15.4. The normalized spacial score (nSPS) is 10.6. The van der Waals surface area contributed by atoms with Crippen molar-refractivity contribution in [1.29, 1.82) is 0 Å². The fraction of sp³-hybridized carbons (Fsp3) is 0.0909. The van der Waals surface area contributed by atoms with Crippen LogP contribution in [-0.2, 0) is 11.2 Å². The number of fused-ring (bicyclic) bond motifs is 1. The van der Waals surface area contributed by atoms with Gasteiger partial charge in [0.2, 0.25) is 5.91 Å². The van der Waals surface area contributed by atoms with Gasteiger partial charge in [-0.1, -0.05) is 48.4 Å². The number of nitrogens with zero attached hydrogens (tertiary/aromatic N) is 2. The number of carbonyl (C=O) groups excluding carboxylic acids is 1. The van der Waals surface area contributed by atoms with Gasteiger partial charge in [0.1, 0.15) is 12.4 Å². The van der Waals surface area contributed by atoms with Crippen LogP contribution in [0.2, 0.25) is 0 Å². The molecule has 1 N–H and O–H groups in total. The number of terminal acetylenes is 1. The first-order valence-electron chi connectivity index (χ1n) is 8.71. The van der Waals surface area contributed by atoms with Gasteiger partial charge >= 0.3 is 0 Å². The number of carbonyl (C=O) groups is 1. The summed E-state index contributed by atoms with van der Waals surface area (Å²) in [4.78, 5) is 22.8. The Hall–Kier alpha value is -4.18. The molecule has 0 bridgehead atoms. The molecule has 0 fully saturated rings. The number of hydrogen-bond acceptors (Lipinski definition) is 5. The third kappa shape index (κ3) is 4.96. The molecule has 0 heterocycles. The van der Waals surface area contributed by atoms with Gasteiger partial charge in [-0.05, 0) is 22.4 Å². The Bertz CT molecular complexity index is 1130. The largest absolute Gasteiger partial charge is 0.480 e. The summed E-state index contributed by atoms with van der Waals surface area (Å²) in [6, 6.07) is 17.6. The van der Waals surface area contributed by atoms with Crippen molar-refractivity contribution >= 4 is 28.6 Å². The third-order valence-electron chi connectivity index (χ3n) is 4.14. The summed E-state index contributed by atoms with van der Waals surface area (Å²) in [6.07, 6.45) is 6.62. The van der Waals surface area contributed by atoms with Gasteiger partial charge in [-0.25, -0.2) is 5.43 Å². The van der Waals surface area contributed by atoms with Crippen LogP contribution in [0.3, 0.4) is 0 Å². The van der Waals surface area contributed by atoms with Crippen molar-refractivity contribution in [2.24, 2.45) is 5.10 Å². The zero-order chi connectivity index (χ0) is 20.6. The zero-order valence-electron chi connectivity index (χ0n) is 15.4. The highest BCUT2D eigenvalue weighted by Gasteiger charge is 2.11. The number of hydrazone groups is 1. The summed E-state index contributed by atoms with van der Waals surface area (Å²) < 4.78 is 5.36. The van der Waals surface area contributed by atoms with E-state index in [1.807, 2.05) is 42.5 Å². The summed E-state index contributed by atoms with van der Waals surface area (Å²) in [6.45, 7) is 0.00604. The number of nitro groups is 1. The molecule has 0 radical (unpaired) electrons. The number of nitrogens with one attached hydrogen (secondary N) is 1. The summed E-state index contributed by atoms with van der Waals surface area (Å²) in [5, 5.41) is 16.9. The standard InChI is InChI=1S/C22H17N3O4/c1-2-12-29-21-11-10-19(25(27)28)13-18(21)15-23-24-22(26)14-17-8-5-7-16-6-3-4-9-20(16)17/h1,3-11,13,15H,12,14H2,(H,24,26)/b23-15-. The molecule has 0 saturated heterocycles. The van der Waals surface area contributed by atoms with Crippen molar-refractivity contribution in [1.82, 2.24) is 5.43 Å². The summed E-state index contributed by atoms with van der Waals surface area (Å²) in [5.41, 5.74) is 3.53. The molecule has 7 nitrogen and oxygen atoms in total. The molecule has 0 spiro atoms. The monoisotopic (exact) mass is 387 g/mol. The highest BCUT2D eigenvalue weighted by molar-refractivity contribution is 5.91. The molecule has 3 aromatic rings. The Morgan fingerprint density at radius 1 is 1.21 bits per heavy atom. The lowest BCUT2D eigenvalue weighted by Gasteiger charge is -2.07. The molecule has 0 atom stereocenters. The average molecular weight is 387 g/mol. The van der Waals surface area contributed by atoms with Crippen LogP contribution in [0.1, 0.15) is 11.1 Å². The van der Waals surface area contributed by atoms with Crippen LogP contribution in [0.25, 0.3) is 10.8 Å². The van der Waals surface area contributed by atoms with Gasteiger partial charge in [-0.15, -0.1) is 6.42 Å². The van der Waals surface area contributed by atoms with Crippen molar-refractivity contribution in [2.75, 3.05) is 6.61 Å². The molecule has 0 aliphatic heterocycles. The molecule has 7 heteroatoms. The maximum absolute atomic E-state index is 12.3. The van der Waals surface area contributed by atoms with Crippen LogP contribution >= 0.6 is 0 Å². The van der Waals surface area contributed by atoms with Gasteiger partial charge in [0.15, 0.2) is 0 Å². The van der Waals surface area contributed by atoms with Crippen molar-refractivity contribution in [3.63, 3.8) is 0 Å². The fourth-order valence-electron chi connectivity index (χ4n) is 2.83. The second-order valence-electron chi connectivity index (χ2n) is 6.08. The summed E-state index contributed by atoms with van der Waals surface area (Å²) >= 11 is 0. The smallest absolute Gasteiger partial charge is 0.270 e. The van der Waals surface area contributed by atoms with Crippen molar-refractivity contribution < 1.29 is 14.5 Å². The number of hydrogen-bond donors (Lipinski definition) is 1. The van der Waals surface area contributed by atoms with E-state index in [4.69, 9.17) is 11.2 Å². The van der Waals surface area contributed by atoms with E-state index in [0.29, 0.717) is 11.3 Å². The van der Waals surface area contributed by atoms with E-state index in [1.165, 1.54) is 24.4 Å². The van der Waals surface area contributed by atoms with Crippen molar-refractivity contribution in [2.45, 2.75) is 6.42 Å². The first-order chi connectivity index (χ1) is 14.1. The maximum atomic E-state index is 12.3. The van der Waals surface area contributed by atoms with E-state index in [9.17, 15) is 14.9 Å². The molecule has 0 aromatic heterocycles. The van der Waals surface area contributed by atoms with E-state index < -0.39 is 4.92 Å². The number of nitro benzene ring substituents is 1. The Morgan fingerprint density at radius 3 is 2.79 bits per heavy atom. The van der Waals surface area contributed by atoms with Gasteiger partial charge in [0.05, 0.1) is 17.6 Å². The van der Waals surface area contributed by atoms with Crippen molar-refractivity contribution in [3.8, 4) is 18.1 Å². The van der Waals surface area contributed by atoms with Gasteiger partial charge in [0, 0.05) is 17.7 Å². The van der Waals surface area contributed by atoms with E-state index >= 15 is 0 Å². The number of benzene rings is 3. The van der Waals surface area contributed by atoms with Crippen LogP contribution < -0.4 is 10.2 Å². The molecule has 3 aromatic carbocycles. The van der Waals surface area contributed by atoms with Gasteiger partial charge in [-0.2, -0.15) is 5.10 Å². The van der Waals surface area contributed by atoms with Crippen LogP contribution in [0.5, 0.6) is 5.75 Å². The second kappa shape index (κ2) is 9.15. The minimum absolute atomic E-state index is 0.00604. The Morgan fingerprint density at radius 2 is 2.00 bits per heavy atom. The van der Waals surface area contributed by atoms with E-state index in [2.05, 4.69) is 16.4 Å². The van der Waals surface area contributed by atoms with Gasteiger partial charge in [0.25, 0.3) is 5.69 Å². The molecule has 3 rings (SSSR count). The molecule has 144 valence electrons.